The summed E-state index contributed by atoms with van der Waals surface area (Å²) in [6.07, 6.45) is 0. The highest BCUT2D eigenvalue weighted by atomic mass is 79.9. The second kappa shape index (κ2) is 6.83. The Balaban J connectivity index is 1.87. The minimum atomic E-state index is -0.498. The zero-order valence-electron chi connectivity index (χ0n) is 14.3. The molecule has 1 aliphatic heterocycles. The summed E-state index contributed by atoms with van der Waals surface area (Å²) in [5, 5.41) is 8.42. The van der Waals surface area contributed by atoms with Crippen molar-refractivity contribution in [3.05, 3.63) is 74.9 Å². The smallest absolute Gasteiger partial charge is 0.248 e. The number of halogens is 2. The third-order valence-electron chi connectivity index (χ3n) is 4.41. The van der Waals surface area contributed by atoms with Gasteiger partial charge in [-0.25, -0.2) is 4.68 Å². The van der Waals surface area contributed by atoms with E-state index in [0.29, 0.717) is 28.1 Å². The molecule has 0 fully saturated rings. The summed E-state index contributed by atoms with van der Waals surface area (Å²) >= 11 is 9.41. The molecule has 0 radical (unpaired) electrons. The molecule has 0 unspecified atom stereocenters. The fourth-order valence-electron chi connectivity index (χ4n) is 3.14. The number of nitrogens with one attached hydrogen (secondary N) is 1. The van der Waals surface area contributed by atoms with E-state index >= 15 is 0 Å². The molecule has 3 aromatic rings. The Morgan fingerprint density at radius 1 is 1.19 bits per heavy atom. The minimum absolute atomic E-state index is 0.456. The quantitative estimate of drug-likeness (QED) is 0.636. The highest BCUT2D eigenvalue weighted by molar-refractivity contribution is 9.10. The fourth-order valence-corrected chi connectivity index (χ4v) is 3.54. The van der Waals surface area contributed by atoms with Gasteiger partial charge in [-0.3, -0.25) is 4.79 Å². The predicted octanol–water partition coefficient (Wildman–Crippen LogP) is 4.14. The van der Waals surface area contributed by atoms with Crippen LogP contribution in [0, 0.1) is 0 Å². The lowest BCUT2D eigenvalue weighted by atomic mass is 9.95. The van der Waals surface area contributed by atoms with Crippen LogP contribution in [0.5, 0.6) is 0 Å². The molecule has 3 N–H and O–H groups in total. The summed E-state index contributed by atoms with van der Waals surface area (Å²) in [7, 11) is 0. The molecule has 136 valence electrons. The van der Waals surface area contributed by atoms with Gasteiger partial charge in [-0.1, -0.05) is 39.7 Å². The standard InChI is InChI=1S/C19H15BrClN5O/c1-10-15(17(22)27)16(11-2-6-13(20)7-3-11)26-19(23-10)24-18(25-26)12-4-8-14(21)9-5-12/h2-9,16H,1H3,(H2,22,27)(H,23,24,25)/t16-/m0/s1. The zero-order valence-corrected chi connectivity index (χ0v) is 16.6. The molecular formula is C19H15BrClN5O. The largest absolute Gasteiger partial charge is 0.366 e. The van der Waals surface area contributed by atoms with Gasteiger partial charge in [0.2, 0.25) is 11.9 Å². The molecule has 27 heavy (non-hydrogen) atoms. The van der Waals surface area contributed by atoms with Gasteiger partial charge < -0.3 is 11.1 Å². The van der Waals surface area contributed by atoms with Crippen LogP contribution in [0.15, 0.2) is 64.3 Å². The van der Waals surface area contributed by atoms with E-state index < -0.39 is 11.9 Å². The van der Waals surface area contributed by atoms with E-state index in [4.69, 9.17) is 17.3 Å². The third kappa shape index (κ3) is 3.24. The third-order valence-corrected chi connectivity index (χ3v) is 5.19. The van der Waals surface area contributed by atoms with Gasteiger partial charge in [0.15, 0.2) is 5.82 Å². The summed E-state index contributed by atoms with van der Waals surface area (Å²) in [6.45, 7) is 1.81. The first-order valence-electron chi connectivity index (χ1n) is 8.19. The molecule has 0 saturated heterocycles. The van der Waals surface area contributed by atoms with E-state index in [1.54, 1.807) is 16.8 Å². The first-order chi connectivity index (χ1) is 12.9. The van der Waals surface area contributed by atoms with Crippen LogP contribution in [0.25, 0.3) is 11.4 Å². The van der Waals surface area contributed by atoms with Crippen molar-refractivity contribution in [3.8, 4) is 11.4 Å². The predicted molar refractivity (Wildman–Crippen MR) is 108 cm³/mol. The Morgan fingerprint density at radius 2 is 1.85 bits per heavy atom. The van der Waals surface area contributed by atoms with Gasteiger partial charge in [0, 0.05) is 20.8 Å². The summed E-state index contributed by atoms with van der Waals surface area (Å²) in [6, 6.07) is 14.5. The van der Waals surface area contributed by atoms with Crippen LogP contribution in [-0.2, 0) is 4.79 Å². The van der Waals surface area contributed by atoms with E-state index in [1.807, 2.05) is 43.3 Å². The molecule has 6 nitrogen and oxygen atoms in total. The first kappa shape index (κ1) is 17.8. The number of aromatic nitrogens is 3. The fraction of sp³-hybridized carbons (Fsp3) is 0.105. The van der Waals surface area contributed by atoms with Crippen LogP contribution in [0.4, 0.5) is 5.95 Å². The highest BCUT2D eigenvalue weighted by Gasteiger charge is 2.33. The number of anilines is 1. The summed E-state index contributed by atoms with van der Waals surface area (Å²) in [5.74, 6) is 0.590. The second-order valence-corrected chi connectivity index (χ2v) is 7.54. The van der Waals surface area contributed by atoms with Crippen LogP contribution in [0.1, 0.15) is 18.5 Å². The number of carbonyl (C=O) groups excluding carboxylic acids is 1. The molecule has 0 saturated carbocycles. The Morgan fingerprint density at radius 3 is 2.48 bits per heavy atom. The highest BCUT2D eigenvalue weighted by Crippen LogP contribution is 2.36. The van der Waals surface area contributed by atoms with Crippen LogP contribution >= 0.6 is 27.5 Å². The Kier molecular flexibility index (Phi) is 4.49. The number of benzene rings is 2. The molecule has 0 bridgehead atoms. The van der Waals surface area contributed by atoms with E-state index in [0.717, 1.165) is 15.6 Å². The number of hydrogen-bond donors (Lipinski definition) is 2. The molecule has 1 aromatic heterocycles. The molecule has 1 amide bonds. The average molecular weight is 445 g/mol. The number of hydrogen-bond acceptors (Lipinski definition) is 4. The van der Waals surface area contributed by atoms with Crippen LogP contribution in [0.3, 0.4) is 0 Å². The molecule has 2 heterocycles. The Hall–Kier alpha value is -2.64. The maximum atomic E-state index is 12.2. The molecule has 0 spiro atoms. The SMILES string of the molecule is CC1=C(C(N)=O)[C@H](c2ccc(Br)cc2)n2nc(-c3ccc(Cl)cc3)nc2N1. The van der Waals surface area contributed by atoms with Crippen molar-refractivity contribution in [2.45, 2.75) is 13.0 Å². The topological polar surface area (TPSA) is 85.8 Å². The van der Waals surface area contributed by atoms with Gasteiger partial charge in [-0.05, 0) is 48.9 Å². The lowest BCUT2D eigenvalue weighted by molar-refractivity contribution is -0.115. The van der Waals surface area contributed by atoms with E-state index in [9.17, 15) is 4.79 Å². The van der Waals surface area contributed by atoms with Crippen molar-refractivity contribution in [1.82, 2.24) is 14.8 Å². The average Bonchev–Trinajstić information content (AvgIpc) is 3.05. The van der Waals surface area contributed by atoms with Crippen LogP contribution in [0.2, 0.25) is 5.02 Å². The summed E-state index contributed by atoms with van der Waals surface area (Å²) in [4.78, 5) is 16.8. The number of carbonyl (C=O) groups is 1. The van der Waals surface area contributed by atoms with Gasteiger partial charge in [0.05, 0.1) is 5.57 Å². The van der Waals surface area contributed by atoms with Crippen LogP contribution < -0.4 is 11.1 Å². The maximum absolute atomic E-state index is 12.2. The number of nitrogens with two attached hydrogens (primary N) is 1. The zero-order chi connectivity index (χ0) is 19.1. The molecule has 4 rings (SSSR count). The van der Waals surface area contributed by atoms with E-state index in [-0.39, 0.29) is 0 Å². The first-order valence-corrected chi connectivity index (χ1v) is 9.36. The summed E-state index contributed by atoms with van der Waals surface area (Å²) < 4.78 is 2.64. The molecule has 0 aliphatic carbocycles. The number of allylic oxidation sites excluding steroid dienone is 1. The second-order valence-electron chi connectivity index (χ2n) is 6.19. The van der Waals surface area contributed by atoms with Gasteiger partial charge in [-0.2, -0.15) is 4.98 Å². The van der Waals surface area contributed by atoms with E-state index in [1.165, 1.54) is 0 Å². The lowest BCUT2D eigenvalue weighted by Crippen LogP contribution is -2.31. The Labute approximate surface area is 169 Å². The number of rotatable bonds is 3. The van der Waals surface area contributed by atoms with Crippen molar-refractivity contribution < 1.29 is 4.79 Å². The monoisotopic (exact) mass is 443 g/mol. The normalized spacial score (nSPS) is 16.0. The number of nitrogens with zero attached hydrogens (tertiary/aromatic N) is 3. The van der Waals surface area contributed by atoms with Crippen molar-refractivity contribution >= 4 is 39.4 Å². The minimum Gasteiger partial charge on any atom is -0.366 e. The van der Waals surface area contributed by atoms with Crippen LogP contribution in [-0.4, -0.2) is 20.7 Å². The van der Waals surface area contributed by atoms with Crippen molar-refractivity contribution in [2.75, 3.05) is 5.32 Å². The van der Waals surface area contributed by atoms with Crippen molar-refractivity contribution in [2.24, 2.45) is 5.73 Å². The number of fused-ring (bicyclic) bond motifs is 1. The summed E-state index contributed by atoms with van der Waals surface area (Å²) in [5.41, 5.74) is 8.53. The van der Waals surface area contributed by atoms with Gasteiger partial charge in [0.25, 0.3) is 0 Å². The van der Waals surface area contributed by atoms with Gasteiger partial charge in [0.1, 0.15) is 6.04 Å². The number of primary amides is 1. The van der Waals surface area contributed by atoms with Crippen molar-refractivity contribution in [1.29, 1.82) is 0 Å². The van der Waals surface area contributed by atoms with E-state index in [2.05, 4.69) is 31.3 Å². The molecule has 1 atom stereocenters. The lowest BCUT2D eigenvalue weighted by Gasteiger charge is -2.27. The Bertz CT molecular complexity index is 1060. The molecule has 2 aromatic carbocycles. The maximum Gasteiger partial charge on any atom is 0.248 e. The number of amides is 1. The molecule has 1 aliphatic rings. The molecular weight excluding hydrogens is 430 g/mol. The van der Waals surface area contributed by atoms with Crippen molar-refractivity contribution in [3.63, 3.8) is 0 Å². The van der Waals surface area contributed by atoms with Gasteiger partial charge >= 0.3 is 0 Å². The van der Waals surface area contributed by atoms with Gasteiger partial charge in [-0.15, -0.1) is 5.10 Å². The molecule has 8 heteroatoms.